The number of nitrogens with zero attached hydrogens (tertiary/aromatic N) is 1. The highest BCUT2D eigenvalue weighted by Gasteiger charge is 2.11. The minimum atomic E-state index is -3.39. The number of anilines is 2. The van der Waals surface area contributed by atoms with Crippen molar-refractivity contribution in [1.29, 1.82) is 0 Å². The molecule has 0 bridgehead atoms. The first-order chi connectivity index (χ1) is 12.8. The van der Waals surface area contributed by atoms with Gasteiger partial charge in [-0.15, -0.1) is 0 Å². The van der Waals surface area contributed by atoms with Crippen LogP contribution >= 0.6 is 0 Å². The predicted octanol–water partition coefficient (Wildman–Crippen LogP) is 3.01. The van der Waals surface area contributed by atoms with Gasteiger partial charge in [0.25, 0.3) is 5.91 Å². The molecule has 1 amide bonds. The van der Waals surface area contributed by atoms with Crippen molar-refractivity contribution in [2.75, 3.05) is 35.5 Å². The maximum absolute atomic E-state index is 12.4. The minimum absolute atomic E-state index is 0.214. The van der Waals surface area contributed by atoms with E-state index >= 15 is 0 Å². The van der Waals surface area contributed by atoms with Crippen LogP contribution in [0.1, 0.15) is 29.3 Å². The average Bonchev–Trinajstić information content (AvgIpc) is 2.63. The van der Waals surface area contributed by atoms with Crippen molar-refractivity contribution < 1.29 is 13.2 Å². The maximum atomic E-state index is 12.4. The fraction of sp³-hybridized carbons (Fsp3) is 0.350. The van der Waals surface area contributed by atoms with E-state index in [1.54, 1.807) is 25.1 Å². The Balaban J connectivity index is 1.89. The number of carbonyl (C=O) groups is 1. The van der Waals surface area contributed by atoms with Gasteiger partial charge < -0.3 is 10.2 Å². The number of benzene rings is 2. The molecule has 6 nitrogen and oxygen atoms in total. The smallest absolute Gasteiger partial charge is 0.251 e. The highest BCUT2D eigenvalue weighted by molar-refractivity contribution is 7.92. The van der Waals surface area contributed by atoms with Gasteiger partial charge in [0.15, 0.2) is 0 Å². The summed E-state index contributed by atoms with van der Waals surface area (Å²) in [6.07, 6.45) is 1.90. The Morgan fingerprint density at radius 2 is 1.81 bits per heavy atom. The molecule has 0 aliphatic heterocycles. The zero-order valence-corrected chi connectivity index (χ0v) is 16.8. The quantitative estimate of drug-likeness (QED) is 0.646. The topological polar surface area (TPSA) is 78.5 Å². The number of rotatable bonds is 9. The molecule has 0 heterocycles. The molecule has 0 aliphatic rings. The van der Waals surface area contributed by atoms with Gasteiger partial charge >= 0.3 is 0 Å². The number of carbonyl (C=O) groups excluding carboxylic acids is 1. The van der Waals surface area contributed by atoms with Crippen molar-refractivity contribution in [1.82, 2.24) is 5.32 Å². The van der Waals surface area contributed by atoms with Gasteiger partial charge in [0.2, 0.25) is 10.0 Å². The van der Waals surface area contributed by atoms with Crippen molar-refractivity contribution in [3.8, 4) is 0 Å². The van der Waals surface area contributed by atoms with Crippen LogP contribution in [0.15, 0.2) is 48.5 Å². The van der Waals surface area contributed by atoms with E-state index in [0.29, 0.717) is 17.8 Å². The van der Waals surface area contributed by atoms with Crippen molar-refractivity contribution in [3.05, 3.63) is 59.7 Å². The summed E-state index contributed by atoms with van der Waals surface area (Å²) in [5.41, 5.74) is 2.79. The second kappa shape index (κ2) is 9.41. The number of hydrogen-bond acceptors (Lipinski definition) is 4. The van der Waals surface area contributed by atoms with Gasteiger partial charge in [-0.05, 0) is 50.1 Å². The fourth-order valence-electron chi connectivity index (χ4n) is 2.76. The van der Waals surface area contributed by atoms with Crippen LogP contribution < -0.4 is 14.9 Å². The number of nitrogens with one attached hydrogen (secondary N) is 2. The summed E-state index contributed by atoms with van der Waals surface area (Å²) in [5.74, 6) is -0.214. The second-order valence-corrected chi connectivity index (χ2v) is 8.18. The summed E-state index contributed by atoms with van der Waals surface area (Å²) in [6, 6.07) is 15.2. The fourth-order valence-corrected chi connectivity index (χ4v) is 3.37. The molecule has 2 aromatic rings. The van der Waals surface area contributed by atoms with Crippen LogP contribution in [0.3, 0.4) is 0 Å². The van der Waals surface area contributed by atoms with Crippen molar-refractivity contribution >= 4 is 27.3 Å². The van der Waals surface area contributed by atoms with Gasteiger partial charge in [-0.3, -0.25) is 9.52 Å². The molecule has 0 fully saturated rings. The zero-order valence-electron chi connectivity index (χ0n) is 16.0. The van der Waals surface area contributed by atoms with Crippen LogP contribution in [-0.4, -0.2) is 40.2 Å². The SMILES string of the molecule is CCN(CCCNC(=O)c1ccc(C)c(NS(C)(=O)=O)c1)c1ccccc1. The van der Waals surface area contributed by atoms with Crippen LogP contribution in [0.5, 0.6) is 0 Å². The lowest BCUT2D eigenvalue weighted by molar-refractivity contribution is 0.0953. The number of aryl methyl sites for hydroxylation is 1. The number of amides is 1. The number of para-hydroxylation sites is 1. The Bertz CT molecular complexity index is 867. The lowest BCUT2D eigenvalue weighted by atomic mass is 10.1. The highest BCUT2D eigenvalue weighted by atomic mass is 32.2. The molecule has 0 aliphatic carbocycles. The Morgan fingerprint density at radius 3 is 2.44 bits per heavy atom. The molecule has 0 unspecified atom stereocenters. The van der Waals surface area contributed by atoms with Crippen molar-refractivity contribution in [3.63, 3.8) is 0 Å². The molecule has 0 saturated heterocycles. The van der Waals surface area contributed by atoms with Crippen LogP contribution in [-0.2, 0) is 10.0 Å². The molecule has 0 atom stereocenters. The summed E-state index contributed by atoms with van der Waals surface area (Å²) in [6.45, 7) is 6.18. The molecule has 2 rings (SSSR count). The molecule has 7 heteroatoms. The van der Waals surface area contributed by atoms with Gasteiger partial charge in [0.1, 0.15) is 0 Å². The largest absolute Gasteiger partial charge is 0.372 e. The molecule has 0 saturated carbocycles. The van der Waals surface area contributed by atoms with Gasteiger partial charge in [-0.25, -0.2) is 8.42 Å². The normalized spacial score (nSPS) is 11.1. The van der Waals surface area contributed by atoms with E-state index < -0.39 is 10.0 Å². The number of hydrogen-bond donors (Lipinski definition) is 2. The standard InChI is InChI=1S/C20H27N3O3S/c1-4-23(18-9-6-5-7-10-18)14-8-13-21-20(24)17-12-11-16(2)19(15-17)22-27(3,25)26/h5-7,9-12,15,22H,4,8,13-14H2,1-3H3,(H,21,24). The van der Waals surface area contributed by atoms with Crippen LogP contribution in [0, 0.1) is 6.92 Å². The first-order valence-electron chi connectivity index (χ1n) is 8.97. The molecular formula is C20H27N3O3S. The summed E-state index contributed by atoms with van der Waals surface area (Å²) < 4.78 is 25.3. The molecule has 0 radical (unpaired) electrons. The average molecular weight is 390 g/mol. The lowest BCUT2D eigenvalue weighted by Gasteiger charge is -2.23. The summed E-state index contributed by atoms with van der Waals surface area (Å²) in [5, 5.41) is 2.90. The van der Waals surface area contributed by atoms with Crippen molar-refractivity contribution in [2.45, 2.75) is 20.3 Å². The first kappa shape index (κ1) is 20.8. The van der Waals surface area contributed by atoms with E-state index in [4.69, 9.17) is 0 Å². The maximum Gasteiger partial charge on any atom is 0.251 e. The molecule has 27 heavy (non-hydrogen) atoms. The minimum Gasteiger partial charge on any atom is -0.372 e. The van der Waals surface area contributed by atoms with Crippen molar-refractivity contribution in [2.24, 2.45) is 0 Å². The van der Waals surface area contributed by atoms with Gasteiger partial charge in [0.05, 0.1) is 11.9 Å². The molecule has 2 N–H and O–H groups in total. The van der Waals surface area contributed by atoms with E-state index in [9.17, 15) is 13.2 Å². The van der Waals surface area contributed by atoms with Gasteiger partial charge in [-0.2, -0.15) is 0 Å². The highest BCUT2D eigenvalue weighted by Crippen LogP contribution is 2.18. The van der Waals surface area contributed by atoms with E-state index in [0.717, 1.165) is 31.3 Å². The van der Waals surface area contributed by atoms with E-state index in [1.807, 2.05) is 18.2 Å². The molecule has 0 aromatic heterocycles. The lowest BCUT2D eigenvalue weighted by Crippen LogP contribution is -2.30. The van der Waals surface area contributed by atoms with E-state index in [2.05, 4.69) is 34.0 Å². The number of sulfonamides is 1. The third-order valence-corrected chi connectivity index (χ3v) is 4.78. The van der Waals surface area contributed by atoms with Crippen LogP contribution in [0.2, 0.25) is 0 Å². The Kier molecular flexibility index (Phi) is 7.24. The summed E-state index contributed by atoms with van der Waals surface area (Å²) in [4.78, 5) is 14.6. The molecule has 2 aromatic carbocycles. The summed E-state index contributed by atoms with van der Waals surface area (Å²) >= 11 is 0. The molecule has 0 spiro atoms. The Hall–Kier alpha value is -2.54. The monoisotopic (exact) mass is 389 g/mol. The molecular weight excluding hydrogens is 362 g/mol. The third kappa shape index (κ3) is 6.60. The zero-order chi connectivity index (χ0) is 19.9. The summed E-state index contributed by atoms with van der Waals surface area (Å²) in [7, 11) is -3.39. The molecule has 146 valence electrons. The van der Waals surface area contributed by atoms with E-state index in [-0.39, 0.29) is 5.91 Å². The van der Waals surface area contributed by atoms with Gasteiger partial charge in [0, 0.05) is 30.9 Å². The second-order valence-electron chi connectivity index (χ2n) is 6.43. The van der Waals surface area contributed by atoms with Crippen LogP contribution in [0.4, 0.5) is 11.4 Å². The third-order valence-electron chi connectivity index (χ3n) is 4.19. The van der Waals surface area contributed by atoms with Crippen LogP contribution in [0.25, 0.3) is 0 Å². The predicted molar refractivity (Wildman–Crippen MR) is 111 cm³/mol. The van der Waals surface area contributed by atoms with E-state index in [1.165, 1.54) is 5.69 Å². The van der Waals surface area contributed by atoms with Gasteiger partial charge in [-0.1, -0.05) is 24.3 Å². The Labute approximate surface area is 161 Å². The Morgan fingerprint density at radius 1 is 1.11 bits per heavy atom. The first-order valence-corrected chi connectivity index (χ1v) is 10.9.